The largest absolute Gasteiger partial charge is 0.497 e. The molecule has 21 heavy (non-hydrogen) atoms. The number of benzene rings is 1. The molecule has 0 saturated heterocycles. The number of carboxylic acids is 1. The van der Waals surface area contributed by atoms with Gasteiger partial charge in [-0.05, 0) is 48.6 Å². The van der Waals surface area contributed by atoms with E-state index < -0.39 is 5.97 Å². The lowest BCUT2D eigenvalue weighted by molar-refractivity contribution is -0.131. The number of methoxy groups -OCH3 is 1. The second kappa shape index (κ2) is 8.47. The lowest BCUT2D eigenvalue weighted by Crippen LogP contribution is -2.11. The molecule has 116 valence electrons. The molecule has 0 radical (unpaired) electrons. The van der Waals surface area contributed by atoms with Crippen LogP contribution in [0.5, 0.6) is 5.75 Å². The molecule has 0 spiro atoms. The van der Waals surface area contributed by atoms with E-state index in [0.29, 0.717) is 12.5 Å². The van der Waals surface area contributed by atoms with Gasteiger partial charge in [0, 0.05) is 6.08 Å². The van der Waals surface area contributed by atoms with E-state index in [1.54, 1.807) is 13.2 Å². The number of hydrogen-bond donors (Lipinski definition) is 1. The van der Waals surface area contributed by atoms with Crippen molar-refractivity contribution in [2.24, 2.45) is 5.92 Å². The quantitative estimate of drug-likeness (QED) is 0.741. The first-order chi connectivity index (χ1) is 9.92. The highest BCUT2D eigenvalue weighted by Crippen LogP contribution is 2.21. The molecule has 1 aromatic carbocycles. The van der Waals surface area contributed by atoms with E-state index in [2.05, 4.69) is 13.8 Å². The molecule has 1 N–H and O–H groups in total. The van der Waals surface area contributed by atoms with E-state index in [9.17, 15) is 4.79 Å². The van der Waals surface area contributed by atoms with Crippen LogP contribution in [0.2, 0.25) is 0 Å². The zero-order valence-corrected chi connectivity index (χ0v) is 13.1. The zero-order valence-electron chi connectivity index (χ0n) is 13.1. The molecule has 4 nitrogen and oxygen atoms in total. The zero-order chi connectivity index (χ0) is 15.8. The lowest BCUT2D eigenvalue weighted by Gasteiger charge is -2.16. The van der Waals surface area contributed by atoms with E-state index in [1.807, 2.05) is 25.1 Å². The standard InChI is InChI=1S/C17H24O4/c1-12(2)9-13(3)21-11-15-10-16(20-4)7-5-14(15)6-8-17(18)19/h5-8,10,12-13H,9,11H2,1-4H3,(H,18,19). The molecule has 1 aromatic rings. The molecule has 4 heteroatoms. The van der Waals surface area contributed by atoms with Gasteiger partial charge in [0.2, 0.25) is 0 Å². The topological polar surface area (TPSA) is 55.8 Å². The molecule has 0 bridgehead atoms. The second-order valence-electron chi connectivity index (χ2n) is 5.49. The van der Waals surface area contributed by atoms with Gasteiger partial charge >= 0.3 is 5.97 Å². The third-order valence-electron chi connectivity index (χ3n) is 3.08. The predicted molar refractivity (Wildman–Crippen MR) is 83.4 cm³/mol. The van der Waals surface area contributed by atoms with Crippen molar-refractivity contribution in [3.05, 3.63) is 35.4 Å². The summed E-state index contributed by atoms with van der Waals surface area (Å²) < 4.78 is 11.1. The summed E-state index contributed by atoms with van der Waals surface area (Å²) >= 11 is 0. The monoisotopic (exact) mass is 292 g/mol. The van der Waals surface area contributed by atoms with Gasteiger partial charge in [-0.25, -0.2) is 4.79 Å². The fraction of sp³-hybridized carbons (Fsp3) is 0.471. The van der Waals surface area contributed by atoms with Crippen LogP contribution >= 0.6 is 0 Å². The van der Waals surface area contributed by atoms with Crippen molar-refractivity contribution in [3.63, 3.8) is 0 Å². The summed E-state index contributed by atoms with van der Waals surface area (Å²) in [6, 6.07) is 5.52. The van der Waals surface area contributed by atoms with Crippen molar-refractivity contribution < 1.29 is 19.4 Å². The Balaban J connectivity index is 2.83. The summed E-state index contributed by atoms with van der Waals surface area (Å²) in [5.74, 6) is 0.347. The van der Waals surface area contributed by atoms with E-state index in [0.717, 1.165) is 29.4 Å². The number of aliphatic carboxylic acids is 1. The van der Waals surface area contributed by atoms with Gasteiger partial charge in [0.15, 0.2) is 0 Å². The average Bonchev–Trinajstić information content (AvgIpc) is 2.42. The maximum atomic E-state index is 10.7. The van der Waals surface area contributed by atoms with Crippen molar-refractivity contribution in [3.8, 4) is 5.75 Å². The molecule has 0 aromatic heterocycles. The first kappa shape index (κ1) is 17.2. The maximum Gasteiger partial charge on any atom is 0.328 e. The van der Waals surface area contributed by atoms with Gasteiger partial charge in [0.1, 0.15) is 5.75 Å². The summed E-state index contributed by atoms with van der Waals surface area (Å²) in [6.07, 6.45) is 3.85. The molecule has 1 unspecified atom stereocenters. The van der Waals surface area contributed by atoms with Crippen molar-refractivity contribution in [2.75, 3.05) is 7.11 Å². The fourth-order valence-electron chi connectivity index (χ4n) is 2.12. The Kier molecular flexibility index (Phi) is 6.96. The molecular formula is C17H24O4. The molecule has 1 rings (SSSR count). The third kappa shape index (κ3) is 6.45. The number of hydrogen-bond acceptors (Lipinski definition) is 3. The number of carbonyl (C=O) groups is 1. The van der Waals surface area contributed by atoms with Gasteiger partial charge in [0.25, 0.3) is 0 Å². The number of rotatable bonds is 8. The summed E-state index contributed by atoms with van der Waals surface area (Å²) in [5, 5.41) is 8.74. The van der Waals surface area contributed by atoms with Gasteiger partial charge in [-0.3, -0.25) is 0 Å². The molecular weight excluding hydrogens is 268 g/mol. The molecule has 0 aliphatic heterocycles. The minimum atomic E-state index is -0.967. The highest BCUT2D eigenvalue weighted by Gasteiger charge is 2.08. The molecule has 1 atom stereocenters. The molecule has 0 fully saturated rings. The first-order valence-electron chi connectivity index (χ1n) is 7.12. The van der Waals surface area contributed by atoms with Crippen LogP contribution in [0.1, 0.15) is 38.3 Å². The smallest absolute Gasteiger partial charge is 0.328 e. The average molecular weight is 292 g/mol. The lowest BCUT2D eigenvalue weighted by atomic mass is 10.1. The molecule has 0 saturated carbocycles. The summed E-state index contributed by atoms with van der Waals surface area (Å²) in [6.45, 7) is 6.80. The van der Waals surface area contributed by atoms with Crippen molar-refractivity contribution in [2.45, 2.75) is 39.9 Å². The number of carboxylic acid groups (broad SMARTS) is 1. The van der Waals surface area contributed by atoms with E-state index in [4.69, 9.17) is 14.6 Å². The van der Waals surface area contributed by atoms with Crippen molar-refractivity contribution in [1.29, 1.82) is 0 Å². The molecule has 0 amide bonds. The Morgan fingerprint density at radius 2 is 2.05 bits per heavy atom. The minimum absolute atomic E-state index is 0.160. The SMILES string of the molecule is COc1ccc(C=CC(=O)O)c(COC(C)CC(C)C)c1. The van der Waals surface area contributed by atoms with Crippen LogP contribution < -0.4 is 4.74 Å². The Labute approximate surface area is 126 Å². The number of ether oxygens (including phenoxy) is 2. The Hall–Kier alpha value is -1.81. The van der Waals surface area contributed by atoms with Gasteiger partial charge < -0.3 is 14.6 Å². The third-order valence-corrected chi connectivity index (χ3v) is 3.08. The molecule has 0 aliphatic rings. The van der Waals surface area contributed by atoms with E-state index >= 15 is 0 Å². The second-order valence-corrected chi connectivity index (χ2v) is 5.49. The van der Waals surface area contributed by atoms with Crippen molar-refractivity contribution in [1.82, 2.24) is 0 Å². The molecule has 0 aliphatic carbocycles. The Morgan fingerprint density at radius 1 is 1.33 bits per heavy atom. The van der Waals surface area contributed by atoms with Crippen LogP contribution in [-0.4, -0.2) is 24.3 Å². The fourth-order valence-corrected chi connectivity index (χ4v) is 2.12. The highest BCUT2D eigenvalue weighted by molar-refractivity contribution is 5.85. The van der Waals surface area contributed by atoms with E-state index in [1.165, 1.54) is 0 Å². The van der Waals surface area contributed by atoms with Gasteiger partial charge in [-0.1, -0.05) is 19.9 Å². The molecule has 0 heterocycles. The van der Waals surface area contributed by atoms with Crippen LogP contribution in [0.25, 0.3) is 6.08 Å². The van der Waals surface area contributed by atoms with E-state index in [-0.39, 0.29) is 6.10 Å². The van der Waals surface area contributed by atoms with Crippen LogP contribution in [0, 0.1) is 5.92 Å². The normalized spacial score (nSPS) is 12.8. The summed E-state index contributed by atoms with van der Waals surface area (Å²) in [4.78, 5) is 10.7. The van der Waals surface area contributed by atoms with Crippen molar-refractivity contribution >= 4 is 12.0 Å². The Morgan fingerprint density at radius 3 is 2.62 bits per heavy atom. The maximum absolute atomic E-state index is 10.7. The first-order valence-corrected chi connectivity index (χ1v) is 7.12. The van der Waals surface area contributed by atoms with Crippen LogP contribution in [-0.2, 0) is 16.1 Å². The summed E-state index contributed by atoms with van der Waals surface area (Å²) in [5.41, 5.74) is 1.75. The van der Waals surface area contributed by atoms with Gasteiger partial charge in [0.05, 0.1) is 19.8 Å². The highest BCUT2D eigenvalue weighted by atomic mass is 16.5. The Bertz CT molecular complexity index is 492. The van der Waals surface area contributed by atoms with Crippen LogP contribution in [0.4, 0.5) is 0 Å². The summed E-state index contributed by atoms with van der Waals surface area (Å²) in [7, 11) is 1.61. The van der Waals surface area contributed by atoms with Crippen LogP contribution in [0.3, 0.4) is 0 Å². The predicted octanol–water partition coefficient (Wildman–Crippen LogP) is 3.74. The van der Waals surface area contributed by atoms with Crippen LogP contribution in [0.15, 0.2) is 24.3 Å². The van der Waals surface area contributed by atoms with Gasteiger partial charge in [-0.15, -0.1) is 0 Å². The van der Waals surface area contributed by atoms with Gasteiger partial charge in [-0.2, -0.15) is 0 Å². The minimum Gasteiger partial charge on any atom is -0.497 e.